The Kier molecular flexibility index (Phi) is 6.28. The van der Waals surface area contributed by atoms with Crippen LogP contribution in [0.1, 0.15) is 0 Å². The standard InChI is InChI=1S/C8H11BrN6.ClH/c9-5-1-3-6(4-2-5)13-8(12)15-14-7(10)11;/h1-4H,(H4,10,11,14)(H3,12,13,15);1H. The van der Waals surface area contributed by atoms with Crippen molar-refractivity contribution in [3.63, 3.8) is 0 Å². The zero-order valence-electron chi connectivity index (χ0n) is 8.17. The monoisotopic (exact) mass is 306 g/mol. The summed E-state index contributed by atoms with van der Waals surface area (Å²) in [5.41, 5.74) is 10.5. The van der Waals surface area contributed by atoms with Gasteiger partial charge in [0.1, 0.15) is 0 Å². The summed E-state index contributed by atoms with van der Waals surface area (Å²) < 4.78 is 0.967. The first-order valence-corrected chi connectivity index (χ1v) is 4.84. The van der Waals surface area contributed by atoms with Gasteiger partial charge >= 0.3 is 0 Å². The number of guanidine groups is 2. The van der Waals surface area contributed by atoms with Crippen molar-refractivity contribution in [2.45, 2.75) is 0 Å². The third-order valence-corrected chi connectivity index (χ3v) is 1.96. The summed E-state index contributed by atoms with van der Waals surface area (Å²) in [5.74, 6) is -0.245. The molecule has 1 aromatic carbocycles. The lowest BCUT2D eigenvalue weighted by atomic mass is 10.3. The molecule has 16 heavy (non-hydrogen) atoms. The first kappa shape index (κ1) is 14.5. The average Bonchev–Trinajstić information content (AvgIpc) is 2.19. The number of hydrogen-bond donors (Lipinski definition) is 6. The summed E-state index contributed by atoms with van der Waals surface area (Å²) in [6.45, 7) is 0. The number of benzene rings is 1. The molecule has 0 aliphatic rings. The topological polar surface area (TPSA) is 110 Å². The largest absolute Gasteiger partial charge is 0.369 e. The molecule has 0 heterocycles. The van der Waals surface area contributed by atoms with E-state index in [0.717, 1.165) is 10.2 Å². The SMILES string of the molecule is Cl.N=C(N)NNC(=N)Nc1ccc(Br)cc1. The fourth-order valence-corrected chi connectivity index (χ4v) is 1.10. The minimum atomic E-state index is -0.252. The molecule has 0 unspecified atom stereocenters. The highest BCUT2D eigenvalue weighted by Gasteiger charge is 1.96. The van der Waals surface area contributed by atoms with E-state index in [1.165, 1.54) is 0 Å². The summed E-state index contributed by atoms with van der Waals surface area (Å²) in [7, 11) is 0. The number of hydrazine groups is 1. The third kappa shape index (κ3) is 5.42. The molecule has 0 atom stereocenters. The van der Waals surface area contributed by atoms with E-state index in [2.05, 4.69) is 32.1 Å². The normalized spacial score (nSPS) is 8.56. The van der Waals surface area contributed by atoms with Crippen LogP contribution in [0.25, 0.3) is 0 Å². The molecule has 6 nitrogen and oxygen atoms in total. The molecule has 0 fully saturated rings. The summed E-state index contributed by atoms with van der Waals surface area (Å²) in [5, 5.41) is 17.1. The Morgan fingerprint density at radius 1 is 1.12 bits per heavy atom. The zero-order chi connectivity index (χ0) is 11.3. The van der Waals surface area contributed by atoms with Crippen LogP contribution in [0.2, 0.25) is 0 Å². The van der Waals surface area contributed by atoms with E-state index < -0.39 is 0 Å². The molecular weight excluding hydrogens is 295 g/mol. The minimum absolute atomic E-state index is 0. The van der Waals surface area contributed by atoms with Gasteiger partial charge in [0.25, 0.3) is 0 Å². The summed E-state index contributed by atoms with van der Waals surface area (Å²) in [6, 6.07) is 7.34. The van der Waals surface area contributed by atoms with Gasteiger partial charge in [-0.1, -0.05) is 15.9 Å². The van der Waals surface area contributed by atoms with Gasteiger partial charge in [0.15, 0.2) is 0 Å². The van der Waals surface area contributed by atoms with Crippen molar-refractivity contribution in [3.05, 3.63) is 28.7 Å². The number of halogens is 2. The van der Waals surface area contributed by atoms with Crippen molar-refractivity contribution in [3.8, 4) is 0 Å². The average molecular weight is 308 g/mol. The molecule has 0 saturated heterocycles. The second-order valence-electron chi connectivity index (χ2n) is 2.67. The van der Waals surface area contributed by atoms with E-state index in [1.54, 1.807) is 0 Å². The van der Waals surface area contributed by atoms with Crippen molar-refractivity contribution in [2.75, 3.05) is 5.32 Å². The van der Waals surface area contributed by atoms with Gasteiger partial charge < -0.3 is 11.1 Å². The molecule has 0 amide bonds. The van der Waals surface area contributed by atoms with Crippen LogP contribution in [0.15, 0.2) is 28.7 Å². The molecule has 8 heteroatoms. The molecule has 1 rings (SSSR count). The second kappa shape index (κ2) is 6.91. The van der Waals surface area contributed by atoms with Crippen LogP contribution in [0.5, 0.6) is 0 Å². The molecule has 0 bridgehead atoms. The quantitative estimate of drug-likeness (QED) is 0.266. The van der Waals surface area contributed by atoms with Gasteiger partial charge in [0.05, 0.1) is 0 Å². The first-order valence-electron chi connectivity index (χ1n) is 4.05. The van der Waals surface area contributed by atoms with Gasteiger partial charge in [0.2, 0.25) is 11.9 Å². The molecule has 0 radical (unpaired) electrons. The van der Waals surface area contributed by atoms with Crippen molar-refractivity contribution in [2.24, 2.45) is 5.73 Å². The molecular formula is C8H12BrClN6. The maximum atomic E-state index is 7.42. The lowest BCUT2D eigenvalue weighted by molar-refractivity contribution is 0.839. The fraction of sp³-hybridized carbons (Fsp3) is 0. The van der Waals surface area contributed by atoms with Crippen LogP contribution in [-0.4, -0.2) is 11.9 Å². The highest BCUT2D eigenvalue weighted by atomic mass is 79.9. The Hall–Kier alpha value is -1.47. The van der Waals surface area contributed by atoms with Crippen LogP contribution in [-0.2, 0) is 0 Å². The van der Waals surface area contributed by atoms with Gasteiger partial charge in [0, 0.05) is 10.2 Å². The lowest BCUT2D eigenvalue weighted by Crippen LogP contribution is -2.47. The van der Waals surface area contributed by atoms with Crippen molar-refractivity contribution in [1.29, 1.82) is 10.8 Å². The van der Waals surface area contributed by atoms with Gasteiger partial charge in [-0.05, 0) is 24.3 Å². The van der Waals surface area contributed by atoms with E-state index in [9.17, 15) is 0 Å². The molecule has 0 spiro atoms. The van der Waals surface area contributed by atoms with E-state index in [-0.39, 0.29) is 24.3 Å². The van der Waals surface area contributed by atoms with Crippen LogP contribution >= 0.6 is 28.3 Å². The Balaban J connectivity index is 0.00000225. The predicted octanol–water partition coefficient (Wildman–Crippen LogP) is 1.21. The van der Waals surface area contributed by atoms with E-state index in [4.69, 9.17) is 16.6 Å². The van der Waals surface area contributed by atoms with Crippen molar-refractivity contribution in [1.82, 2.24) is 10.9 Å². The number of rotatable bonds is 1. The smallest absolute Gasteiger partial charge is 0.212 e. The number of nitrogens with two attached hydrogens (primary N) is 1. The summed E-state index contributed by atoms with van der Waals surface area (Å²) >= 11 is 3.31. The maximum Gasteiger partial charge on any atom is 0.212 e. The minimum Gasteiger partial charge on any atom is -0.369 e. The summed E-state index contributed by atoms with van der Waals surface area (Å²) in [6.07, 6.45) is 0. The molecule has 0 aliphatic carbocycles. The van der Waals surface area contributed by atoms with E-state index in [0.29, 0.717) is 0 Å². The van der Waals surface area contributed by atoms with Gasteiger partial charge in [-0.25, -0.2) is 0 Å². The van der Waals surface area contributed by atoms with Crippen LogP contribution in [0.3, 0.4) is 0 Å². The highest BCUT2D eigenvalue weighted by molar-refractivity contribution is 9.10. The second-order valence-corrected chi connectivity index (χ2v) is 3.59. The molecule has 0 aliphatic heterocycles. The van der Waals surface area contributed by atoms with Crippen LogP contribution < -0.4 is 21.9 Å². The number of nitrogens with one attached hydrogen (secondary N) is 5. The molecule has 88 valence electrons. The molecule has 0 saturated carbocycles. The Morgan fingerprint density at radius 2 is 1.69 bits per heavy atom. The molecule has 1 aromatic rings. The van der Waals surface area contributed by atoms with Crippen molar-refractivity contribution >= 4 is 45.9 Å². The van der Waals surface area contributed by atoms with E-state index in [1.807, 2.05) is 24.3 Å². The Labute approximate surface area is 108 Å². The van der Waals surface area contributed by atoms with Gasteiger partial charge in [-0.15, -0.1) is 12.4 Å². The number of hydrogen-bond acceptors (Lipinski definition) is 2. The van der Waals surface area contributed by atoms with Crippen LogP contribution in [0.4, 0.5) is 5.69 Å². The van der Waals surface area contributed by atoms with Gasteiger partial charge in [-0.2, -0.15) is 0 Å². The predicted molar refractivity (Wildman–Crippen MR) is 70.9 cm³/mol. The Bertz CT molecular complexity index is 365. The number of anilines is 1. The van der Waals surface area contributed by atoms with Crippen LogP contribution in [0, 0.1) is 10.8 Å². The zero-order valence-corrected chi connectivity index (χ0v) is 10.6. The fourth-order valence-electron chi connectivity index (χ4n) is 0.839. The van der Waals surface area contributed by atoms with E-state index >= 15 is 0 Å². The highest BCUT2D eigenvalue weighted by Crippen LogP contribution is 2.13. The first-order chi connectivity index (χ1) is 7.08. The van der Waals surface area contributed by atoms with Gasteiger partial charge in [-0.3, -0.25) is 21.7 Å². The maximum absolute atomic E-state index is 7.42. The van der Waals surface area contributed by atoms with Crippen molar-refractivity contribution < 1.29 is 0 Å². The Morgan fingerprint density at radius 3 is 2.19 bits per heavy atom. The lowest BCUT2D eigenvalue weighted by Gasteiger charge is -2.10. The third-order valence-electron chi connectivity index (χ3n) is 1.44. The molecule has 7 N–H and O–H groups in total. The summed E-state index contributed by atoms with van der Waals surface area (Å²) in [4.78, 5) is 0. The molecule has 0 aromatic heterocycles.